The van der Waals surface area contributed by atoms with Gasteiger partial charge in [0.05, 0.1) is 21.4 Å². The summed E-state index contributed by atoms with van der Waals surface area (Å²) in [4.78, 5) is 25.6. The van der Waals surface area contributed by atoms with Crippen LogP contribution in [0.1, 0.15) is 28.8 Å². The number of hydrogen-bond acceptors (Lipinski definition) is 7. The van der Waals surface area contributed by atoms with Gasteiger partial charge in [-0.15, -0.1) is 0 Å². The van der Waals surface area contributed by atoms with Crippen molar-refractivity contribution in [1.29, 1.82) is 0 Å². The number of nitro groups is 1. The number of carbonyl (C=O) groups is 1. The number of nitrogens with zero attached hydrogens (tertiary/aromatic N) is 5. The minimum absolute atomic E-state index is 0.101. The van der Waals surface area contributed by atoms with E-state index in [-0.39, 0.29) is 29.2 Å². The first-order chi connectivity index (χ1) is 15.2. The highest BCUT2D eigenvalue weighted by Crippen LogP contribution is 2.25. The smallest absolute Gasteiger partial charge is 0.338 e. The van der Waals surface area contributed by atoms with E-state index in [9.17, 15) is 23.3 Å². The highest BCUT2D eigenvalue weighted by atomic mass is 32.2. The number of aryl methyl sites for hydroxylation is 1. The van der Waals surface area contributed by atoms with Crippen molar-refractivity contribution in [2.45, 2.75) is 36.8 Å². The second-order valence-electron chi connectivity index (χ2n) is 7.34. The van der Waals surface area contributed by atoms with Crippen LogP contribution in [-0.4, -0.2) is 48.9 Å². The summed E-state index contributed by atoms with van der Waals surface area (Å²) in [6, 6.07) is 10.4. The number of benzene rings is 2. The topological polar surface area (TPSA) is 156 Å². The Morgan fingerprint density at radius 2 is 1.88 bits per heavy atom. The van der Waals surface area contributed by atoms with Crippen LogP contribution in [0.2, 0.25) is 0 Å². The van der Waals surface area contributed by atoms with Crippen molar-refractivity contribution in [3.8, 4) is 0 Å². The maximum Gasteiger partial charge on any atom is 0.338 e. The average molecular weight is 459 g/mol. The normalized spacial score (nSPS) is 19.4. The molecule has 0 saturated carbocycles. The highest BCUT2D eigenvalue weighted by molar-refractivity contribution is 7.89. The molecule has 12 heteroatoms. The van der Waals surface area contributed by atoms with Gasteiger partial charge < -0.3 is 4.74 Å². The number of rotatable bonds is 6. The molecule has 0 N–H and O–H groups in total. The van der Waals surface area contributed by atoms with Gasteiger partial charge in [0.15, 0.2) is 0 Å². The molecule has 1 aliphatic heterocycles. The Hall–Kier alpha value is -3.47. The number of nitro benzene ring substituents is 1. The number of sulfonamides is 1. The van der Waals surface area contributed by atoms with E-state index in [2.05, 4.69) is 10.0 Å². The standard InChI is InChI=1S/C20H21N5O6S/c1-14-4-10-17(11-5-14)32(29,30)24-12-2-3-19(18(13-24)22-23-21)31-20(26)15-6-8-16(9-7-15)25(27)28/h4-11,18-19H,2-3,12-13H2,1H3/t18-,19-/m1/s1. The van der Waals surface area contributed by atoms with Gasteiger partial charge in [-0.1, -0.05) is 22.8 Å². The first kappa shape index (κ1) is 23.2. The average Bonchev–Trinajstić information content (AvgIpc) is 2.97. The lowest BCUT2D eigenvalue weighted by atomic mass is 10.1. The quantitative estimate of drug-likeness (QED) is 0.160. The summed E-state index contributed by atoms with van der Waals surface area (Å²) >= 11 is 0. The van der Waals surface area contributed by atoms with E-state index in [1.165, 1.54) is 40.7 Å². The number of non-ortho nitro benzene ring substituents is 1. The molecular weight excluding hydrogens is 438 g/mol. The molecule has 168 valence electrons. The van der Waals surface area contributed by atoms with Crippen LogP contribution in [0.5, 0.6) is 0 Å². The van der Waals surface area contributed by atoms with Crippen molar-refractivity contribution in [3.05, 3.63) is 80.2 Å². The number of hydrogen-bond donors (Lipinski definition) is 0. The second kappa shape index (κ2) is 9.77. The Morgan fingerprint density at radius 3 is 2.47 bits per heavy atom. The Bertz CT molecular complexity index is 1140. The first-order valence-corrected chi connectivity index (χ1v) is 11.2. The molecule has 0 aromatic heterocycles. The van der Waals surface area contributed by atoms with E-state index in [1.807, 2.05) is 6.92 Å². The molecule has 32 heavy (non-hydrogen) atoms. The van der Waals surface area contributed by atoms with Crippen molar-refractivity contribution >= 4 is 21.7 Å². The Morgan fingerprint density at radius 1 is 1.22 bits per heavy atom. The molecule has 3 rings (SSSR count). The van der Waals surface area contributed by atoms with Gasteiger partial charge in [-0.25, -0.2) is 13.2 Å². The summed E-state index contributed by atoms with van der Waals surface area (Å²) in [6.07, 6.45) is -0.157. The van der Waals surface area contributed by atoms with Crippen molar-refractivity contribution in [1.82, 2.24) is 4.31 Å². The maximum atomic E-state index is 13.1. The first-order valence-electron chi connectivity index (χ1n) is 9.79. The SMILES string of the molecule is Cc1ccc(S(=O)(=O)N2CCC[C@@H](OC(=O)c3ccc([N+](=O)[O-])cc3)[C@H](N=[N+]=[N-])C2)cc1. The van der Waals surface area contributed by atoms with E-state index >= 15 is 0 Å². The third-order valence-corrected chi connectivity index (χ3v) is 7.03. The summed E-state index contributed by atoms with van der Waals surface area (Å²) in [5, 5.41) is 14.5. The largest absolute Gasteiger partial charge is 0.458 e. The van der Waals surface area contributed by atoms with E-state index < -0.39 is 33.1 Å². The summed E-state index contributed by atoms with van der Waals surface area (Å²) in [6.45, 7) is 1.89. The molecule has 11 nitrogen and oxygen atoms in total. The number of azide groups is 1. The van der Waals surface area contributed by atoms with Crippen LogP contribution < -0.4 is 0 Å². The Labute approximate surface area is 184 Å². The molecule has 1 saturated heterocycles. The minimum Gasteiger partial charge on any atom is -0.458 e. The molecular formula is C20H21N5O6S. The van der Waals surface area contributed by atoms with Crippen LogP contribution >= 0.6 is 0 Å². The molecule has 0 bridgehead atoms. The van der Waals surface area contributed by atoms with Gasteiger partial charge in [0, 0.05) is 30.1 Å². The van der Waals surface area contributed by atoms with Crippen molar-refractivity contribution in [2.75, 3.05) is 13.1 Å². The van der Waals surface area contributed by atoms with Gasteiger partial charge in [-0.2, -0.15) is 4.31 Å². The summed E-state index contributed by atoms with van der Waals surface area (Å²) in [5.41, 5.74) is 9.84. The van der Waals surface area contributed by atoms with Gasteiger partial charge in [0.1, 0.15) is 6.10 Å². The zero-order valence-corrected chi connectivity index (χ0v) is 18.0. The molecule has 2 aromatic carbocycles. The number of carbonyl (C=O) groups excluding carboxylic acids is 1. The van der Waals surface area contributed by atoms with Gasteiger partial charge >= 0.3 is 5.97 Å². The monoisotopic (exact) mass is 459 g/mol. The van der Waals surface area contributed by atoms with E-state index in [1.54, 1.807) is 12.1 Å². The predicted molar refractivity (Wildman–Crippen MR) is 114 cm³/mol. The van der Waals surface area contributed by atoms with E-state index in [0.29, 0.717) is 12.8 Å². The predicted octanol–water partition coefficient (Wildman–Crippen LogP) is 3.59. The molecule has 2 aromatic rings. The zero-order valence-electron chi connectivity index (χ0n) is 17.2. The number of esters is 1. The van der Waals surface area contributed by atoms with Crippen LogP contribution in [0, 0.1) is 17.0 Å². The molecule has 1 heterocycles. The summed E-state index contributed by atoms with van der Waals surface area (Å²) < 4.78 is 32.9. The van der Waals surface area contributed by atoms with Gasteiger partial charge in [-0.3, -0.25) is 10.1 Å². The van der Waals surface area contributed by atoms with Gasteiger partial charge in [0.2, 0.25) is 10.0 Å². The Kier molecular flexibility index (Phi) is 7.08. The fourth-order valence-electron chi connectivity index (χ4n) is 3.40. The molecule has 0 amide bonds. The zero-order chi connectivity index (χ0) is 23.3. The minimum atomic E-state index is -3.82. The second-order valence-corrected chi connectivity index (χ2v) is 9.28. The van der Waals surface area contributed by atoms with E-state index in [4.69, 9.17) is 10.3 Å². The third-order valence-electron chi connectivity index (χ3n) is 5.15. The van der Waals surface area contributed by atoms with Crippen LogP contribution in [0.3, 0.4) is 0 Å². The highest BCUT2D eigenvalue weighted by Gasteiger charge is 2.35. The molecule has 0 spiro atoms. The lowest BCUT2D eigenvalue weighted by Crippen LogP contribution is -2.40. The van der Waals surface area contributed by atoms with Crippen molar-refractivity contribution < 1.29 is 22.9 Å². The summed E-state index contributed by atoms with van der Waals surface area (Å²) in [7, 11) is -3.82. The van der Waals surface area contributed by atoms with E-state index in [0.717, 1.165) is 5.56 Å². The lowest BCUT2D eigenvalue weighted by Gasteiger charge is -2.25. The third kappa shape index (κ3) is 5.22. The lowest BCUT2D eigenvalue weighted by molar-refractivity contribution is -0.384. The Balaban J connectivity index is 1.78. The molecule has 0 aliphatic carbocycles. The van der Waals surface area contributed by atoms with Crippen LogP contribution in [-0.2, 0) is 14.8 Å². The summed E-state index contributed by atoms with van der Waals surface area (Å²) in [5.74, 6) is -0.738. The van der Waals surface area contributed by atoms with Crippen LogP contribution in [0.4, 0.5) is 5.69 Å². The molecule has 1 fully saturated rings. The molecule has 2 atom stereocenters. The fourth-order valence-corrected chi connectivity index (χ4v) is 4.89. The van der Waals surface area contributed by atoms with Crippen LogP contribution in [0.15, 0.2) is 58.5 Å². The fraction of sp³-hybridized carbons (Fsp3) is 0.350. The maximum absolute atomic E-state index is 13.1. The van der Waals surface area contributed by atoms with Gasteiger partial charge in [-0.05, 0) is 49.6 Å². The molecule has 0 unspecified atom stereocenters. The van der Waals surface area contributed by atoms with Crippen molar-refractivity contribution in [2.24, 2.45) is 5.11 Å². The van der Waals surface area contributed by atoms with Crippen molar-refractivity contribution in [3.63, 3.8) is 0 Å². The molecule has 1 aliphatic rings. The van der Waals surface area contributed by atoms with Gasteiger partial charge in [0.25, 0.3) is 5.69 Å². The molecule has 0 radical (unpaired) electrons. The van der Waals surface area contributed by atoms with Crippen LogP contribution in [0.25, 0.3) is 10.4 Å². The number of ether oxygens (including phenoxy) is 1.